The molecule has 1 aliphatic rings. The number of rotatable bonds is 7. The lowest BCUT2D eigenvalue weighted by atomic mass is 9.99. The number of benzene rings is 2. The second-order valence-electron chi connectivity index (χ2n) is 8.52. The number of hydrogen-bond acceptors (Lipinski definition) is 14. The largest absolute Gasteiger partial charge is 0.508 e. The minimum atomic E-state index is -1.99. The average Bonchev–Trinajstić information content (AvgIpc) is 2.85. The maximum atomic E-state index is 13.4. The van der Waals surface area contributed by atoms with Crippen molar-refractivity contribution < 1.29 is 69.1 Å². The summed E-state index contributed by atoms with van der Waals surface area (Å²) in [7, 11) is 0. The summed E-state index contributed by atoms with van der Waals surface area (Å²) in [6.07, 6.45) is -10.2. The zero-order valence-electron chi connectivity index (χ0n) is 19.6. The molecule has 15 heteroatoms. The molecule has 1 saturated heterocycles. The smallest absolute Gasteiger partial charge is 0.317 e. The molecule has 0 saturated carbocycles. The predicted octanol–water partition coefficient (Wildman–Crippen LogP) is -0.513. The van der Waals surface area contributed by atoms with Crippen LogP contribution >= 0.6 is 0 Å². The highest BCUT2D eigenvalue weighted by molar-refractivity contribution is 5.90. The van der Waals surface area contributed by atoms with E-state index < -0.39 is 101 Å². The molecule has 15 nitrogen and oxygen atoms in total. The molecule has 0 spiro atoms. The van der Waals surface area contributed by atoms with Gasteiger partial charge in [-0.1, -0.05) is 0 Å². The summed E-state index contributed by atoms with van der Waals surface area (Å²) in [5, 5.41) is 79.0. The van der Waals surface area contributed by atoms with E-state index in [0.29, 0.717) is 0 Å². The minimum Gasteiger partial charge on any atom is -0.508 e. The van der Waals surface area contributed by atoms with Gasteiger partial charge >= 0.3 is 11.9 Å². The third-order valence-corrected chi connectivity index (χ3v) is 5.76. The standard InChI is InChI=1S/C24H22O15/c25-9-4-12(28)17-13(5-9)37-22(8-1-2-10(26)11(27)3-8)23(19(17)33)39-24-21(35)20(34)18(32)14(38-24)7-36-16(31)6-15(29)30/h1-5,14,18,20-21,24-28,32,34-35H,6-7H2,(H,29,30)/t14-,18-,20+,21-,24+/m1/s1. The summed E-state index contributed by atoms with van der Waals surface area (Å²) in [6.45, 7) is -0.762. The second kappa shape index (κ2) is 10.7. The molecular weight excluding hydrogens is 528 g/mol. The van der Waals surface area contributed by atoms with E-state index in [4.69, 9.17) is 23.7 Å². The fourth-order valence-electron chi connectivity index (χ4n) is 3.85. The van der Waals surface area contributed by atoms with E-state index in [1.165, 1.54) is 6.07 Å². The highest BCUT2D eigenvalue weighted by Gasteiger charge is 2.46. The number of phenolic OH excluding ortho intramolecular Hbond substituents is 4. The highest BCUT2D eigenvalue weighted by Crippen LogP contribution is 2.39. The highest BCUT2D eigenvalue weighted by atomic mass is 16.7. The van der Waals surface area contributed by atoms with Crippen molar-refractivity contribution in [3.05, 3.63) is 40.6 Å². The Hall–Kier alpha value is -4.57. The van der Waals surface area contributed by atoms with Crippen LogP contribution < -0.4 is 10.2 Å². The fraction of sp³-hybridized carbons (Fsp3) is 0.292. The monoisotopic (exact) mass is 550 g/mol. The number of aliphatic carboxylic acids is 1. The first kappa shape index (κ1) is 27.5. The molecule has 0 radical (unpaired) electrons. The van der Waals surface area contributed by atoms with E-state index in [1.807, 2.05) is 0 Å². The molecule has 1 aliphatic heterocycles. The number of fused-ring (bicyclic) bond motifs is 1. The third kappa shape index (κ3) is 5.51. The number of carboxylic acids is 1. The molecule has 4 rings (SSSR count). The number of aromatic hydroxyl groups is 4. The van der Waals surface area contributed by atoms with Gasteiger partial charge in [0, 0.05) is 17.7 Å². The van der Waals surface area contributed by atoms with Crippen LogP contribution in [0.3, 0.4) is 0 Å². The molecule has 1 aromatic heterocycles. The van der Waals surface area contributed by atoms with E-state index in [1.54, 1.807) is 0 Å². The van der Waals surface area contributed by atoms with Crippen molar-refractivity contribution in [2.24, 2.45) is 0 Å². The van der Waals surface area contributed by atoms with Gasteiger partial charge in [-0.3, -0.25) is 14.4 Å². The van der Waals surface area contributed by atoms with E-state index in [9.17, 15) is 50.1 Å². The van der Waals surface area contributed by atoms with Crippen molar-refractivity contribution in [1.29, 1.82) is 0 Å². The summed E-state index contributed by atoms with van der Waals surface area (Å²) in [4.78, 5) is 35.7. The summed E-state index contributed by atoms with van der Waals surface area (Å²) >= 11 is 0. The lowest BCUT2D eigenvalue weighted by Crippen LogP contribution is -2.60. The Morgan fingerprint density at radius 1 is 0.897 bits per heavy atom. The maximum Gasteiger partial charge on any atom is 0.317 e. The van der Waals surface area contributed by atoms with Crippen molar-refractivity contribution in [3.63, 3.8) is 0 Å². The van der Waals surface area contributed by atoms with E-state index in [0.717, 1.165) is 24.3 Å². The van der Waals surface area contributed by atoms with E-state index in [2.05, 4.69) is 0 Å². The van der Waals surface area contributed by atoms with Gasteiger partial charge in [0.05, 0.1) is 0 Å². The van der Waals surface area contributed by atoms with Gasteiger partial charge in [-0.2, -0.15) is 0 Å². The quantitative estimate of drug-likeness (QED) is 0.105. The first-order valence-corrected chi connectivity index (χ1v) is 11.2. The first-order chi connectivity index (χ1) is 18.4. The van der Waals surface area contributed by atoms with E-state index >= 15 is 0 Å². The van der Waals surface area contributed by atoms with E-state index in [-0.39, 0.29) is 11.1 Å². The van der Waals surface area contributed by atoms with Crippen molar-refractivity contribution in [2.75, 3.05) is 6.61 Å². The molecule has 0 aliphatic carbocycles. The van der Waals surface area contributed by atoms with Gasteiger partial charge in [0.1, 0.15) is 59.9 Å². The molecule has 0 amide bonds. The molecule has 5 atom stereocenters. The van der Waals surface area contributed by atoms with Gasteiger partial charge in [0.15, 0.2) is 17.3 Å². The van der Waals surface area contributed by atoms with Crippen molar-refractivity contribution in [2.45, 2.75) is 37.1 Å². The zero-order chi connectivity index (χ0) is 28.6. The van der Waals surface area contributed by atoms with Gasteiger partial charge in [-0.05, 0) is 18.2 Å². The zero-order valence-corrected chi connectivity index (χ0v) is 19.6. The van der Waals surface area contributed by atoms with Crippen LogP contribution in [0.4, 0.5) is 0 Å². The lowest BCUT2D eigenvalue weighted by molar-refractivity contribution is -0.278. The van der Waals surface area contributed by atoms with Gasteiger partial charge in [-0.15, -0.1) is 0 Å². The Morgan fingerprint density at radius 3 is 2.28 bits per heavy atom. The molecule has 8 N–H and O–H groups in total. The third-order valence-electron chi connectivity index (χ3n) is 5.76. The number of carbonyl (C=O) groups excluding carboxylic acids is 1. The summed E-state index contributed by atoms with van der Waals surface area (Å²) in [5.74, 6) is -6.09. The van der Waals surface area contributed by atoms with Crippen LogP contribution in [0.15, 0.2) is 39.5 Å². The Bertz CT molecular complexity index is 1480. The number of carbonyl (C=O) groups is 2. The second-order valence-corrected chi connectivity index (χ2v) is 8.52. The molecule has 2 heterocycles. The molecule has 3 aromatic rings. The Morgan fingerprint density at radius 2 is 1.62 bits per heavy atom. The van der Waals surface area contributed by atoms with Gasteiger partial charge < -0.3 is 59.5 Å². The van der Waals surface area contributed by atoms with Crippen LogP contribution in [0.1, 0.15) is 6.42 Å². The van der Waals surface area contributed by atoms with Crippen molar-refractivity contribution in [1.82, 2.24) is 0 Å². The van der Waals surface area contributed by atoms with Crippen LogP contribution in [0.25, 0.3) is 22.3 Å². The number of carboxylic acid groups (broad SMARTS) is 1. The first-order valence-electron chi connectivity index (χ1n) is 11.2. The van der Waals surface area contributed by atoms with Crippen LogP contribution in [-0.2, 0) is 19.1 Å². The van der Waals surface area contributed by atoms with Gasteiger partial charge in [0.2, 0.25) is 17.5 Å². The molecule has 39 heavy (non-hydrogen) atoms. The number of aliphatic hydroxyl groups is 3. The summed E-state index contributed by atoms with van der Waals surface area (Å²) in [5.41, 5.74) is -1.40. The Labute approximate surface area is 216 Å². The number of esters is 1. The van der Waals surface area contributed by atoms with Crippen LogP contribution in [0.2, 0.25) is 0 Å². The minimum absolute atomic E-state index is 0.0489. The van der Waals surface area contributed by atoms with Crippen LogP contribution in [0, 0.1) is 0 Å². The SMILES string of the molecule is O=C(O)CC(=O)OC[C@H]1O[C@@H](Oc2c(-c3ccc(O)c(O)c3)oc3cc(O)cc(O)c3c2=O)[C@H](O)[C@@H](O)[C@@H]1O. The van der Waals surface area contributed by atoms with Gasteiger partial charge in [0.25, 0.3) is 0 Å². The number of phenols is 4. The normalized spacial score (nSPS) is 22.9. The maximum absolute atomic E-state index is 13.4. The average molecular weight is 550 g/mol. The number of hydrogen-bond donors (Lipinski definition) is 8. The lowest BCUT2D eigenvalue weighted by Gasteiger charge is -2.39. The molecule has 0 bridgehead atoms. The fourth-order valence-corrected chi connectivity index (χ4v) is 3.85. The van der Waals surface area contributed by atoms with Crippen molar-refractivity contribution in [3.8, 4) is 40.1 Å². The topological polar surface area (TPSA) is 254 Å². The molecular formula is C24H22O15. The summed E-state index contributed by atoms with van der Waals surface area (Å²) in [6, 6.07) is 5.14. The van der Waals surface area contributed by atoms with Gasteiger partial charge in [-0.25, -0.2) is 0 Å². The summed E-state index contributed by atoms with van der Waals surface area (Å²) < 4.78 is 21.4. The number of ether oxygens (including phenoxy) is 3. The molecule has 208 valence electrons. The Balaban J connectivity index is 1.76. The number of aliphatic hydroxyl groups excluding tert-OH is 3. The predicted molar refractivity (Wildman–Crippen MR) is 125 cm³/mol. The Kier molecular flexibility index (Phi) is 7.51. The molecule has 0 unspecified atom stereocenters. The van der Waals surface area contributed by atoms with Crippen LogP contribution in [-0.4, -0.2) is 90.1 Å². The molecule has 2 aromatic carbocycles. The van der Waals surface area contributed by atoms with Crippen molar-refractivity contribution >= 4 is 22.9 Å². The van der Waals surface area contributed by atoms with Crippen LogP contribution in [0.5, 0.6) is 28.7 Å². The molecule has 1 fully saturated rings.